The Bertz CT molecular complexity index is 791. The fourth-order valence-electron chi connectivity index (χ4n) is 1.98. The molecule has 1 N–H and O–H groups in total. The van der Waals surface area contributed by atoms with Crippen LogP contribution in [0.2, 0.25) is 5.28 Å². The van der Waals surface area contributed by atoms with Crippen LogP contribution in [-0.2, 0) is 0 Å². The fraction of sp³-hybridized carbons (Fsp3) is 0.143. The van der Waals surface area contributed by atoms with Gasteiger partial charge in [-0.3, -0.25) is 0 Å². The van der Waals surface area contributed by atoms with Crippen LogP contribution >= 0.6 is 22.9 Å². The number of aromatic nitrogens is 2. The largest absolute Gasteiger partial charge is 0.493 e. The lowest BCUT2D eigenvalue weighted by atomic mass is 10.2. The Morgan fingerprint density at radius 3 is 2.67 bits per heavy atom. The Labute approximate surface area is 130 Å². The van der Waals surface area contributed by atoms with E-state index in [4.69, 9.17) is 21.1 Å². The molecule has 0 amide bonds. The molecule has 3 rings (SSSR count). The standard InChI is InChI=1S/C14H12ClN3O2S/c1-19-10-4-3-8(7-11(10)20-2)16-12-9-5-6-21-13(9)18-14(15)17-12/h3-7H,1-2H3,(H,16,17,18). The Kier molecular flexibility index (Phi) is 3.81. The summed E-state index contributed by atoms with van der Waals surface area (Å²) in [7, 11) is 3.20. The number of nitrogens with zero attached hydrogens (tertiary/aromatic N) is 2. The Hall–Kier alpha value is -2.05. The predicted octanol–water partition coefficient (Wildman–Crippen LogP) is 4.11. The highest BCUT2D eigenvalue weighted by Gasteiger charge is 2.10. The van der Waals surface area contributed by atoms with Crippen LogP contribution in [-0.4, -0.2) is 24.2 Å². The second-order valence-corrected chi connectivity index (χ2v) is 5.41. The number of hydrogen-bond donors (Lipinski definition) is 1. The van der Waals surface area contributed by atoms with E-state index in [-0.39, 0.29) is 5.28 Å². The van der Waals surface area contributed by atoms with Crippen LogP contribution in [0.15, 0.2) is 29.6 Å². The van der Waals surface area contributed by atoms with Gasteiger partial charge in [0.25, 0.3) is 0 Å². The van der Waals surface area contributed by atoms with Crippen molar-refractivity contribution in [2.24, 2.45) is 0 Å². The highest BCUT2D eigenvalue weighted by molar-refractivity contribution is 7.16. The molecule has 3 aromatic rings. The molecule has 0 aliphatic rings. The van der Waals surface area contributed by atoms with Gasteiger partial charge in [0.05, 0.1) is 19.6 Å². The van der Waals surface area contributed by atoms with Gasteiger partial charge in [-0.25, -0.2) is 4.98 Å². The molecular formula is C14H12ClN3O2S. The highest BCUT2D eigenvalue weighted by Crippen LogP contribution is 2.33. The van der Waals surface area contributed by atoms with Gasteiger partial charge in [-0.05, 0) is 35.2 Å². The monoisotopic (exact) mass is 321 g/mol. The summed E-state index contributed by atoms with van der Waals surface area (Å²) in [5.41, 5.74) is 0.829. The van der Waals surface area contributed by atoms with E-state index in [0.717, 1.165) is 15.9 Å². The molecule has 7 heteroatoms. The molecule has 0 unspecified atom stereocenters. The molecule has 0 saturated carbocycles. The third kappa shape index (κ3) is 2.72. The Morgan fingerprint density at radius 1 is 1.10 bits per heavy atom. The zero-order valence-corrected chi connectivity index (χ0v) is 13.0. The molecule has 0 radical (unpaired) electrons. The van der Waals surface area contributed by atoms with Gasteiger partial charge in [0.2, 0.25) is 5.28 Å². The second-order valence-electron chi connectivity index (χ2n) is 4.18. The normalized spacial score (nSPS) is 10.6. The lowest BCUT2D eigenvalue weighted by Gasteiger charge is -2.11. The lowest BCUT2D eigenvalue weighted by Crippen LogP contribution is -1.97. The molecule has 108 valence electrons. The van der Waals surface area contributed by atoms with E-state index >= 15 is 0 Å². The van der Waals surface area contributed by atoms with E-state index in [1.807, 2.05) is 29.6 Å². The van der Waals surface area contributed by atoms with Crippen LogP contribution in [0, 0.1) is 0 Å². The zero-order valence-electron chi connectivity index (χ0n) is 11.4. The number of methoxy groups -OCH3 is 2. The van der Waals surface area contributed by atoms with E-state index in [1.165, 1.54) is 11.3 Å². The number of rotatable bonds is 4. The molecule has 1 aromatic carbocycles. The first-order valence-corrected chi connectivity index (χ1v) is 7.37. The van der Waals surface area contributed by atoms with Crippen LogP contribution in [0.25, 0.3) is 10.2 Å². The van der Waals surface area contributed by atoms with Gasteiger partial charge < -0.3 is 14.8 Å². The lowest BCUT2D eigenvalue weighted by molar-refractivity contribution is 0.355. The van der Waals surface area contributed by atoms with Crippen molar-refractivity contribution in [3.05, 3.63) is 34.9 Å². The summed E-state index contributed by atoms with van der Waals surface area (Å²) in [6, 6.07) is 7.51. The quantitative estimate of drug-likeness (QED) is 0.733. The van der Waals surface area contributed by atoms with E-state index in [0.29, 0.717) is 17.3 Å². The van der Waals surface area contributed by atoms with Crippen molar-refractivity contribution in [1.29, 1.82) is 0 Å². The van der Waals surface area contributed by atoms with Crippen molar-refractivity contribution in [2.45, 2.75) is 0 Å². The molecule has 0 aliphatic carbocycles. The minimum atomic E-state index is 0.216. The van der Waals surface area contributed by atoms with E-state index in [9.17, 15) is 0 Å². The summed E-state index contributed by atoms with van der Waals surface area (Å²) in [6.45, 7) is 0. The molecule has 2 heterocycles. The Balaban J connectivity index is 2.00. The Morgan fingerprint density at radius 2 is 1.90 bits per heavy atom. The number of fused-ring (bicyclic) bond motifs is 1. The van der Waals surface area contributed by atoms with Gasteiger partial charge in [0.1, 0.15) is 10.6 Å². The molecular weight excluding hydrogens is 310 g/mol. The summed E-state index contributed by atoms with van der Waals surface area (Å²) in [6.07, 6.45) is 0. The number of ether oxygens (including phenoxy) is 2. The first-order valence-electron chi connectivity index (χ1n) is 6.11. The summed E-state index contributed by atoms with van der Waals surface area (Å²) < 4.78 is 10.5. The van der Waals surface area contributed by atoms with Gasteiger partial charge in [-0.2, -0.15) is 4.98 Å². The molecule has 5 nitrogen and oxygen atoms in total. The maximum atomic E-state index is 5.95. The van der Waals surface area contributed by atoms with Gasteiger partial charge in [0.15, 0.2) is 11.5 Å². The molecule has 0 saturated heterocycles. The van der Waals surface area contributed by atoms with Gasteiger partial charge in [-0.1, -0.05) is 0 Å². The molecule has 0 bridgehead atoms. The van der Waals surface area contributed by atoms with E-state index < -0.39 is 0 Å². The van der Waals surface area contributed by atoms with Crippen LogP contribution in [0.1, 0.15) is 0 Å². The molecule has 0 spiro atoms. The molecule has 0 fully saturated rings. The zero-order chi connectivity index (χ0) is 14.8. The molecule has 21 heavy (non-hydrogen) atoms. The van der Waals surface area contributed by atoms with Gasteiger partial charge in [0, 0.05) is 11.8 Å². The maximum absolute atomic E-state index is 5.95. The minimum Gasteiger partial charge on any atom is -0.493 e. The fourth-order valence-corrected chi connectivity index (χ4v) is 2.96. The summed E-state index contributed by atoms with van der Waals surface area (Å²) in [5.74, 6) is 1.98. The third-order valence-corrected chi connectivity index (χ3v) is 3.92. The highest BCUT2D eigenvalue weighted by atomic mass is 35.5. The third-order valence-electron chi connectivity index (χ3n) is 2.94. The molecule has 0 aliphatic heterocycles. The van der Waals surface area contributed by atoms with Crippen LogP contribution in [0.5, 0.6) is 11.5 Å². The minimum absolute atomic E-state index is 0.216. The summed E-state index contributed by atoms with van der Waals surface area (Å²) >= 11 is 7.47. The first kappa shape index (κ1) is 13.9. The smallest absolute Gasteiger partial charge is 0.225 e. The SMILES string of the molecule is COc1ccc(Nc2nc(Cl)nc3sccc23)cc1OC. The van der Waals surface area contributed by atoms with Crippen LogP contribution in [0.4, 0.5) is 11.5 Å². The maximum Gasteiger partial charge on any atom is 0.225 e. The number of nitrogens with one attached hydrogen (secondary N) is 1. The van der Waals surface area contributed by atoms with Crippen molar-refractivity contribution >= 4 is 44.7 Å². The molecule has 2 aromatic heterocycles. The number of thiophene rings is 1. The van der Waals surface area contributed by atoms with Crippen LogP contribution in [0.3, 0.4) is 0 Å². The van der Waals surface area contributed by atoms with Crippen molar-refractivity contribution in [3.63, 3.8) is 0 Å². The number of anilines is 2. The van der Waals surface area contributed by atoms with E-state index in [1.54, 1.807) is 14.2 Å². The first-order chi connectivity index (χ1) is 10.2. The average Bonchev–Trinajstić information content (AvgIpc) is 2.95. The number of hydrogen-bond acceptors (Lipinski definition) is 6. The predicted molar refractivity (Wildman–Crippen MR) is 85.3 cm³/mol. The topological polar surface area (TPSA) is 56.3 Å². The average molecular weight is 322 g/mol. The van der Waals surface area contributed by atoms with Crippen molar-refractivity contribution in [2.75, 3.05) is 19.5 Å². The van der Waals surface area contributed by atoms with Gasteiger partial charge >= 0.3 is 0 Å². The summed E-state index contributed by atoms with van der Waals surface area (Å²) in [4.78, 5) is 9.28. The van der Waals surface area contributed by atoms with Gasteiger partial charge in [-0.15, -0.1) is 11.3 Å². The van der Waals surface area contributed by atoms with Crippen molar-refractivity contribution in [3.8, 4) is 11.5 Å². The number of halogens is 1. The number of benzene rings is 1. The second kappa shape index (κ2) is 5.75. The van der Waals surface area contributed by atoms with Crippen molar-refractivity contribution in [1.82, 2.24) is 9.97 Å². The van der Waals surface area contributed by atoms with E-state index in [2.05, 4.69) is 15.3 Å². The van der Waals surface area contributed by atoms with Crippen LogP contribution < -0.4 is 14.8 Å². The molecule has 0 atom stereocenters. The van der Waals surface area contributed by atoms with Crippen molar-refractivity contribution < 1.29 is 9.47 Å². The summed E-state index contributed by atoms with van der Waals surface area (Å²) in [5, 5.41) is 6.33.